The van der Waals surface area contributed by atoms with Crippen molar-refractivity contribution in [2.75, 3.05) is 25.4 Å². The van der Waals surface area contributed by atoms with Crippen LogP contribution in [-0.4, -0.2) is 51.9 Å². The summed E-state index contributed by atoms with van der Waals surface area (Å²) in [5, 5.41) is 0. The van der Waals surface area contributed by atoms with E-state index in [-0.39, 0.29) is 22.3 Å². The van der Waals surface area contributed by atoms with Gasteiger partial charge < -0.3 is 9.80 Å². The number of thioether (sulfide) groups is 1. The van der Waals surface area contributed by atoms with Gasteiger partial charge in [-0.1, -0.05) is 31.4 Å². The number of rotatable bonds is 2. The lowest BCUT2D eigenvalue weighted by molar-refractivity contribution is -0.138. The van der Waals surface area contributed by atoms with Crippen LogP contribution in [0, 0.1) is 11.7 Å². The summed E-state index contributed by atoms with van der Waals surface area (Å²) in [6.07, 6.45) is 7.16. The molecule has 27 heavy (non-hydrogen) atoms. The Bertz CT molecular complexity index is 712. The number of piperidine rings is 1. The van der Waals surface area contributed by atoms with Crippen molar-refractivity contribution in [1.82, 2.24) is 9.80 Å². The molecule has 2 saturated heterocycles. The Morgan fingerprint density at radius 1 is 1.04 bits per heavy atom. The first kappa shape index (κ1) is 18.8. The van der Waals surface area contributed by atoms with Crippen molar-refractivity contribution in [1.29, 1.82) is 0 Å². The average molecular weight is 391 g/mol. The molecule has 3 fully saturated rings. The molecule has 2 amide bonds. The molecule has 0 atom stereocenters. The highest BCUT2D eigenvalue weighted by Crippen LogP contribution is 2.45. The molecule has 0 N–H and O–H groups in total. The summed E-state index contributed by atoms with van der Waals surface area (Å²) in [5.41, 5.74) is 0.153. The highest BCUT2D eigenvalue weighted by atomic mass is 32.2. The molecule has 0 bridgehead atoms. The van der Waals surface area contributed by atoms with E-state index in [1.807, 2.05) is 9.80 Å². The van der Waals surface area contributed by atoms with Gasteiger partial charge in [0.25, 0.3) is 5.91 Å². The van der Waals surface area contributed by atoms with Crippen LogP contribution < -0.4 is 0 Å². The maximum absolute atomic E-state index is 14.1. The fourth-order valence-electron chi connectivity index (χ4n) is 4.77. The molecule has 0 unspecified atom stereocenters. The van der Waals surface area contributed by atoms with E-state index in [9.17, 15) is 14.0 Å². The fraction of sp³-hybridized carbons (Fsp3) is 0.619. The molecule has 1 aromatic rings. The van der Waals surface area contributed by atoms with Crippen molar-refractivity contribution in [2.24, 2.45) is 5.92 Å². The summed E-state index contributed by atoms with van der Waals surface area (Å²) in [4.78, 5) is 29.4. The van der Waals surface area contributed by atoms with E-state index < -0.39 is 5.82 Å². The van der Waals surface area contributed by atoms with Gasteiger partial charge in [-0.25, -0.2) is 4.39 Å². The van der Waals surface area contributed by atoms with Crippen molar-refractivity contribution in [3.05, 3.63) is 35.6 Å². The Morgan fingerprint density at radius 2 is 1.74 bits per heavy atom. The zero-order valence-electron chi connectivity index (χ0n) is 15.7. The van der Waals surface area contributed by atoms with Gasteiger partial charge in [-0.05, 0) is 37.8 Å². The maximum atomic E-state index is 14.1. The Balaban J connectivity index is 1.44. The lowest BCUT2D eigenvalue weighted by Crippen LogP contribution is -2.54. The molecule has 1 aromatic carbocycles. The largest absolute Gasteiger partial charge is 0.342 e. The minimum absolute atomic E-state index is 0.153. The van der Waals surface area contributed by atoms with Crippen molar-refractivity contribution >= 4 is 23.6 Å². The topological polar surface area (TPSA) is 40.6 Å². The second-order valence-electron chi connectivity index (χ2n) is 7.89. The summed E-state index contributed by atoms with van der Waals surface area (Å²) >= 11 is 1.80. The monoisotopic (exact) mass is 390 g/mol. The predicted molar refractivity (Wildman–Crippen MR) is 105 cm³/mol. The van der Waals surface area contributed by atoms with Crippen LogP contribution in [0.25, 0.3) is 0 Å². The third-order valence-electron chi connectivity index (χ3n) is 6.34. The Labute approximate surface area is 164 Å². The first-order valence-electron chi connectivity index (χ1n) is 10.1. The fourth-order valence-corrected chi connectivity index (χ4v) is 6.23. The molecule has 3 aliphatic rings. The predicted octanol–water partition coefficient (Wildman–Crippen LogP) is 3.91. The van der Waals surface area contributed by atoms with Crippen LogP contribution in [-0.2, 0) is 4.79 Å². The molecule has 0 aromatic heterocycles. The maximum Gasteiger partial charge on any atom is 0.257 e. The zero-order valence-corrected chi connectivity index (χ0v) is 16.5. The lowest BCUT2D eigenvalue weighted by Gasteiger charge is -2.45. The molecule has 2 aliphatic heterocycles. The van der Waals surface area contributed by atoms with Crippen LogP contribution in [0.15, 0.2) is 24.3 Å². The van der Waals surface area contributed by atoms with E-state index >= 15 is 0 Å². The average Bonchev–Trinajstić information content (AvgIpc) is 3.11. The van der Waals surface area contributed by atoms with Crippen LogP contribution in [0.4, 0.5) is 4.39 Å². The van der Waals surface area contributed by atoms with E-state index in [4.69, 9.17) is 0 Å². The normalized spacial score (nSPS) is 23.0. The molecule has 1 saturated carbocycles. The van der Waals surface area contributed by atoms with Gasteiger partial charge in [0.2, 0.25) is 5.91 Å². The number of nitrogens with zero attached hydrogens (tertiary/aromatic N) is 2. The third-order valence-corrected chi connectivity index (χ3v) is 7.89. The van der Waals surface area contributed by atoms with Gasteiger partial charge in [-0.3, -0.25) is 9.59 Å². The standard InChI is InChI=1S/C21H27FN2O2S/c22-18-9-5-4-8-17(18)20(26)24-14-15-27-21(24)10-12-23(13-11-21)19(25)16-6-2-1-3-7-16/h4-5,8-9,16H,1-3,6-7,10-15H2. The second-order valence-corrected chi connectivity index (χ2v) is 9.35. The van der Waals surface area contributed by atoms with Gasteiger partial charge >= 0.3 is 0 Å². The van der Waals surface area contributed by atoms with E-state index in [0.29, 0.717) is 25.5 Å². The van der Waals surface area contributed by atoms with Crippen molar-refractivity contribution in [3.63, 3.8) is 0 Å². The number of carbonyl (C=O) groups is 2. The Kier molecular flexibility index (Phi) is 5.44. The van der Waals surface area contributed by atoms with Crippen LogP contribution in [0.3, 0.4) is 0 Å². The van der Waals surface area contributed by atoms with Crippen LogP contribution in [0.1, 0.15) is 55.3 Å². The van der Waals surface area contributed by atoms with E-state index in [1.54, 1.807) is 30.0 Å². The van der Waals surface area contributed by atoms with Crippen LogP contribution in [0.2, 0.25) is 0 Å². The minimum atomic E-state index is -0.459. The van der Waals surface area contributed by atoms with E-state index in [0.717, 1.165) is 44.3 Å². The first-order chi connectivity index (χ1) is 13.1. The second kappa shape index (κ2) is 7.82. The summed E-state index contributed by atoms with van der Waals surface area (Å²) < 4.78 is 14.1. The summed E-state index contributed by atoms with van der Waals surface area (Å²) in [6.45, 7) is 2.04. The number of benzene rings is 1. The summed E-state index contributed by atoms with van der Waals surface area (Å²) in [6, 6.07) is 6.22. The van der Waals surface area contributed by atoms with Gasteiger partial charge in [0.05, 0.1) is 10.4 Å². The highest BCUT2D eigenvalue weighted by molar-refractivity contribution is 8.00. The summed E-state index contributed by atoms with van der Waals surface area (Å²) in [7, 11) is 0. The van der Waals surface area contributed by atoms with Gasteiger partial charge in [0.15, 0.2) is 0 Å². The molecule has 1 spiro atoms. The van der Waals surface area contributed by atoms with E-state index in [1.165, 1.54) is 12.5 Å². The molecule has 0 radical (unpaired) electrons. The molecule has 4 rings (SSSR count). The van der Waals surface area contributed by atoms with E-state index in [2.05, 4.69) is 0 Å². The van der Waals surface area contributed by atoms with Crippen molar-refractivity contribution in [3.8, 4) is 0 Å². The van der Waals surface area contributed by atoms with Crippen LogP contribution in [0.5, 0.6) is 0 Å². The van der Waals surface area contributed by atoms with Crippen molar-refractivity contribution in [2.45, 2.75) is 49.8 Å². The number of hydrogen-bond acceptors (Lipinski definition) is 3. The Morgan fingerprint density at radius 3 is 2.44 bits per heavy atom. The Hall–Kier alpha value is -1.56. The van der Waals surface area contributed by atoms with Gasteiger partial charge in [0.1, 0.15) is 5.82 Å². The smallest absolute Gasteiger partial charge is 0.257 e. The third kappa shape index (κ3) is 3.60. The number of amides is 2. The number of hydrogen-bond donors (Lipinski definition) is 0. The molecule has 146 valence electrons. The van der Waals surface area contributed by atoms with Gasteiger partial charge in [-0.2, -0.15) is 0 Å². The molecular weight excluding hydrogens is 363 g/mol. The molecule has 6 heteroatoms. The van der Waals surface area contributed by atoms with Gasteiger partial charge in [-0.15, -0.1) is 11.8 Å². The van der Waals surface area contributed by atoms with Crippen molar-refractivity contribution < 1.29 is 14.0 Å². The minimum Gasteiger partial charge on any atom is -0.342 e. The number of carbonyl (C=O) groups excluding carboxylic acids is 2. The highest BCUT2D eigenvalue weighted by Gasteiger charge is 2.47. The van der Waals surface area contributed by atoms with Crippen LogP contribution >= 0.6 is 11.8 Å². The summed E-state index contributed by atoms with van der Waals surface area (Å²) in [5.74, 6) is 0.695. The molecule has 1 aliphatic carbocycles. The molecule has 4 nitrogen and oxygen atoms in total. The quantitative estimate of drug-likeness (QED) is 0.769. The molecular formula is C21H27FN2O2S. The lowest BCUT2D eigenvalue weighted by atomic mass is 9.87. The zero-order chi connectivity index (χ0) is 18.9. The molecule has 2 heterocycles. The first-order valence-corrected chi connectivity index (χ1v) is 11.1. The number of halogens is 1. The SMILES string of the molecule is O=C(C1CCCCC1)N1CCC2(CC1)SCCN2C(=O)c1ccccc1F. The number of likely N-dealkylation sites (tertiary alicyclic amines) is 1. The van der Waals surface area contributed by atoms with Gasteiger partial charge in [0, 0.05) is 31.3 Å².